The van der Waals surface area contributed by atoms with Gasteiger partial charge in [-0.3, -0.25) is 9.59 Å². The zero-order valence-corrected chi connectivity index (χ0v) is 15.2. The van der Waals surface area contributed by atoms with Crippen LogP contribution in [0, 0.1) is 5.92 Å². The summed E-state index contributed by atoms with van der Waals surface area (Å²) in [6, 6.07) is 0. The van der Waals surface area contributed by atoms with Gasteiger partial charge < -0.3 is 19.1 Å². The summed E-state index contributed by atoms with van der Waals surface area (Å²) < 4.78 is 6.93. The highest BCUT2D eigenvalue weighted by atomic mass is 16.5. The van der Waals surface area contributed by atoms with Gasteiger partial charge in [0.25, 0.3) is 0 Å². The molecule has 2 heterocycles. The maximum Gasteiger partial charge on any atom is 0.228 e. The molecule has 0 radical (unpaired) electrons. The van der Waals surface area contributed by atoms with Crippen LogP contribution < -0.4 is 0 Å². The van der Waals surface area contributed by atoms with Gasteiger partial charge in [0.1, 0.15) is 6.33 Å². The molecule has 2 rings (SSSR count). The number of rotatable bonds is 6. The number of hydrogen-bond donors (Lipinski definition) is 0. The van der Waals surface area contributed by atoms with Gasteiger partial charge in [0.2, 0.25) is 11.8 Å². The summed E-state index contributed by atoms with van der Waals surface area (Å²) in [6.07, 6.45) is 1.91. The summed E-state index contributed by atoms with van der Waals surface area (Å²) in [7, 11) is 3.37. The zero-order valence-electron chi connectivity index (χ0n) is 15.2. The molecular formula is C16H27N5O3. The molecule has 1 aliphatic heterocycles. The Morgan fingerprint density at radius 3 is 2.75 bits per heavy atom. The topological polar surface area (TPSA) is 80.6 Å². The van der Waals surface area contributed by atoms with Crippen LogP contribution in [0.2, 0.25) is 0 Å². The Morgan fingerprint density at radius 1 is 1.46 bits per heavy atom. The molecule has 1 saturated heterocycles. The van der Waals surface area contributed by atoms with Crippen LogP contribution >= 0.6 is 0 Å². The third-order valence-electron chi connectivity index (χ3n) is 4.27. The molecule has 1 aromatic rings. The Balaban J connectivity index is 1.98. The predicted octanol–water partition coefficient (Wildman–Crippen LogP) is 0.530. The summed E-state index contributed by atoms with van der Waals surface area (Å²) in [4.78, 5) is 28.2. The number of carbonyl (C=O) groups excluding carboxylic acids is 2. The highest BCUT2D eigenvalue weighted by Crippen LogP contribution is 2.27. The molecule has 0 bridgehead atoms. The van der Waals surface area contributed by atoms with Crippen molar-refractivity contribution >= 4 is 11.8 Å². The van der Waals surface area contributed by atoms with E-state index in [4.69, 9.17) is 4.74 Å². The minimum absolute atomic E-state index is 0.0311. The first kappa shape index (κ1) is 18.4. The number of likely N-dealkylation sites (tertiary alicyclic amines) is 1. The number of carbonyl (C=O) groups is 2. The van der Waals surface area contributed by atoms with E-state index in [2.05, 4.69) is 10.2 Å². The van der Waals surface area contributed by atoms with Crippen molar-refractivity contribution in [3.05, 3.63) is 12.2 Å². The molecule has 0 aliphatic carbocycles. The Bertz CT molecular complexity index is 593. The van der Waals surface area contributed by atoms with Crippen molar-refractivity contribution in [1.29, 1.82) is 0 Å². The summed E-state index contributed by atoms with van der Waals surface area (Å²) in [6.45, 7) is 7.99. The highest BCUT2D eigenvalue weighted by molar-refractivity contribution is 5.89. The van der Waals surface area contributed by atoms with E-state index in [0.29, 0.717) is 32.1 Å². The van der Waals surface area contributed by atoms with Gasteiger partial charge in [-0.2, -0.15) is 0 Å². The van der Waals surface area contributed by atoms with E-state index < -0.39 is 0 Å². The maximum absolute atomic E-state index is 12.7. The lowest BCUT2D eigenvalue weighted by molar-refractivity contribution is -0.135. The lowest BCUT2D eigenvalue weighted by Crippen LogP contribution is -2.43. The molecule has 1 aromatic heterocycles. The molecule has 0 N–H and O–H groups in total. The monoisotopic (exact) mass is 337 g/mol. The fourth-order valence-electron chi connectivity index (χ4n) is 2.90. The molecule has 0 spiro atoms. The predicted molar refractivity (Wildman–Crippen MR) is 87.9 cm³/mol. The van der Waals surface area contributed by atoms with Gasteiger partial charge in [-0.05, 0) is 20.8 Å². The first-order valence-corrected chi connectivity index (χ1v) is 8.15. The normalized spacial score (nSPS) is 18.3. The Hall–Kier alpha value is -1.96. The third-order valence-corrected chi connectivity index (χ3v) is 4.27. The number of ether oxygens (including phenoxy) is 1. The van der Waals surface area contributed by atoms with Crippen molar-refractivity contribution in [3.63, 3.8) is 0 Å². The molecule has 0 aromatic carbocycles. The Kier molecular flexibility index (Phi) is 5.58. The second-order valence-electron chi connectivity index (χ2n) is 7.20. The minimum atomic E-state index is -0.294. The van der Waals surface area contributed by atoms with Gasteiger partial charge in [-0.25, -0.2) is 0 Å². The third kappa shape index (κ3) is 4.11. The lowest BCUT2D eigenvalue weighted by atomic mass is 10.1. The van der Waals surface area contributed by atoms with Crippen LogP contribution in [-0.4, -0.2) is 69.2 Å². The molecular weight excluding hydrogens is 310 g/mol. The standard InChI is InChI=1S/C16H27N5O3/c1-16(2,3)21-9-12(8-14(21)22)15(23)19(4)10-13-18-17-11-20(13)6-7-24-5/h11-12H,6-10H2,1-5H3. The first-order valence-electron chi connectivity index (χ1n) is 8.15. The highest BCUT2D eigenvalue weighted by Gasteiger charge is 2.40. The molecule has 1 atom stereocenters. The van der Waals surface area contributed by atoms with Gasteiger partial charge in [0, 0.05) is 39.2 Å². The van der Waals surface area contributed by atoms with E-state index in [0.717, 1.165) is 0 Å². The molecule has 8 nitrogen and oxygen atoms in total. The fourth-order valence-corrected chi connectivity index (χ4v) is 2.90. The van der Waals surface area contributed by atoms with Gasteiger partial charge in [-0.1, -0.05) is 0 Å². The van der Waals surface area contributed by atoms with Gasteiger partial charge in [0.05, 0.1) is 19.1 Å². The van der Waals surface area contributed by atoms with E-state index in [1.165, 1.54) is 0 Å². The summed E-state index contributed by atoms with van der Waals surface area (Å²) in [5.74, 6) is 0.422. The van der Waals surface area contributed by atoms with Crippen LogP contribution in [0.25, 0.3) is 0 Å². The van der Waals surface area contributed by atoms with Gasteiger partial charge in [-0.15, -0.1) is 10.2 Å². The molecule has 2 amide bonds. The summed E-state index contributed by atoms with van der Waals surface area (Å²) >= 11 is 0. The van der Waals surface area contributed by atoms with Crippen LogP contribution in [0.5, 0.6) is 0 Å². The van der Waals surface area contributed by atoms with Crippen LogP contribution in [0.15, 0.2) is 6.33 Å². The van der Waals surface area contributed by atoms with E-state index in [1.54, 1.807) is 30.3 Å². The number of amides is 2. The molecule has 8 heteroatoms. The number of aromatic nitrogens is 3. The molecule has 1 aliphatic rings. The van der Waals surface area contributed by atoms with Crippen LogP contribution in [0.3, 0.4) is 0 Å². The van der Waals surface area contributed by atoms with E-state index in [-0.39, 0.29) is 29.7 Å². The van der Waals surface area contributed by atoms with Crippen molar-refractivity contribution in [3.8, 4) is 0 Å². The second kappa shape index (κ2) is 7.29. The number of hydrogen-bond acceptors (Lipinski definition) is 5. The summed E-state index contributed by atoms with van der Waals surface area (Å²) in [5.41, 5.74) is -0.259. The van der Waals surface area contributed by atoms with E-state index in [9.17, 15) is 9.59 Å². The van der Waals surface area contributed by atoms with Crippen molar-refractivity contribution in [2.24, 2.45) is 5.92 Å². The Morgan fingerprint density at radius 2 is 2.17 bits per heavy atom. The smallest absolute Gasteiger partial charge is 0.228 e. The van der Waals surface area contributed by atoms with Gasteiger partial charge in [0.15, 0.2) is 5.82 Å². The Labute approximate surface area is 142 Å². The van der Waals surface area contributed by atoms with Crippen molar-refractivity contribution in [1.82, 2.24) is 24.6 Å². The number of methoxy groups -OCH3 is 1. The number of nitrogens with zero attached hydrogens (tertiary/aromatic N) is 5. The van der Waals surface area contributed by atoms with Crippen LogP contribution in [0.1, 0.15) is 33.0 Å². The average Bonchev–Trinajstić information content (AvgIpc) is 3.10. The fraction of sp³-hybridized carbons (Fsp3) is 0.750. The molecule has 0 saturated carbocycles. The van der Waals surface area contributed by atoms with E-state index >= 15 is 0 Å². The summed E-state index contributed by atoms with van der Waals surface area (Å²) in [5, 5.41) is 7.97. The lowest BCUT2D eigenvalue weighted by Gasteiger charge is -2.32. The molecule has 134 valence electrons. The quantitative estimate of drug-likeness (QED) is 0.756. The SMILES string of the molecule is COCCn1cnnc1CN(C)C(=O)C1CC(=O)N(C(C)(C)C)C1. The van der Waals surface area contributed by atoms with Gasteiger partial charge >= 0.3 is 0 Å². The van der Waals surface area contributed by atoms with Crippen molar-refractivity contribution < 1.29 is 14.3 Å². The first-order chi connectivity index (χ1) is 11.2. The second-order valence-corrected chi connectivity index (χ2v) is 7.20. The van der Waals surface area contributed by atoms with Crippen molar-refractivity contribution in [2.75, 3.05) is 27.3 Å². The van der Waals surface area contributed by atoms with Crippen LogP contribution in [-0.2, 0) is 27.4 Å². The largest absolute Gasteiger partial charge is 0.383 e. The van der Waals surface area contributed by atoms with Crippen molar-refractivity contribution in [2.45, 2.75) is 45.8 Å². The maximum atomic E-state index is 12.7. The minimum Gasteiger partial charge on any atom is -0.383 e. The average molecular weight is 337 g/mol. The zero-order chi connectivity index (χ0) is 17.9. The van der Waals surface area contributed by atoms with E-state index in [1.807, 2.05) is 25.3 Å². The van der Waals surface area contributed by atoms with Crippen LogP contribution in [0.4, 0.5) is 0 Å². The molecule has 24 heavy (non-hydrogen) atoms. The molecule has 1 unspecified atom stereocenters. The molecule has 1 fully saturated rings.